The summed E-state index contributed by atoms with van der Waals surface area (Å²) in [6, 6.07) is 19.4. The number of anilines is 1. The lowest BCUT2D eigenvalue weighted by atomic mass is 9.72. The number of nitro benzene ring substituents is 1. The van der Waals surface area contributed by atoms with Crippen LogP contribution >= 0.6 is 23.4 Å². The van der Waals surface area contributed by atoms with Gasteiger partial charge in [0.15, 0.2) is 0 Å². The van der Waals surface area contributed by atoms with E-state index in [4.69, 9.17) is 21.1 Å². The fourth-order valence-electron chi connectivity index (χ4n) is 8.50. The fraction of sp³-hybridized carbons (Fsp3) is 0.378. The minimum Gasteiger partial charge on any atom is -0.455 e. The molecule has 0 radical (unpaired) electrons. The van der Waals surface area contributed by atoms with Gasteiger partial charge in [0, 0.05) is 97.1 Å². The second-order valence-corrected chi connectivity index (χ2v) is 20.0. The summed E-state index contributed by atoms with van der Waals surface area (Å²) in [5, 5.41) is 13.7. The normalized spacial score (nSPS) is 18.2. The number of halogens is 1. The van der Waals surface area contributed by atoms with Crippen LogP contribution in [0.5, 0.6) is 11.5 Å². The molecule has 1 fully saturated rings. The highest BCUT2D eigenvalue weighted by Gasteiger charge is 2.33. The van der Waals surface area contributed by atoms with E-state index in [1.165, 1.54) is 40.7 Å². The van der Waals surface area contributed by atoms with Crippen molar-refractivity contribution in [1.29, 1.82) is 0 Å². The molecule has 2 aromatic heterocycles. The molecule has 2 N–H and O–H groups in total. The molecule has 3 aromatic carbocycles. The number of fused-ring (bicyclic) bond motifs is 2. The van der Waals surface area contributed by atoms with Crippen LogP contribution in [0.1, 0.15) is 61.0 Å². The van der Waals surface area contributed by atoms with Gasteiger partial charge in [-0.2, -0.15) is 0 Å². The van der Waals surface area contributed by atoms with E-state index in [0.717, 1.165) is 80.6 Å². The van der Waals surface area contributed by atoms with Crippen molar-refractivity contribution in [3.8, 4) is 11.5 Å². The first-order valence-corrected chi connectivity index (χ1v) is 23.3. The number of rotatable bonds is 13. The highest BCUT2D eigenvalue weighted by Crippen LogP contribution is 2.44. The van der Waals surface area contributed by atoms with Gasteiger partial charge in [0.2, 0.25) is 0 Å². The number of nitrogens with zero attached hydrogens (tertiary/aromatic N) is 4. The van der Waals surface area contributed by atoms with Crippen LogP contribution in [0, 0.1) is 21.4 Å². The van der Waals surface area contributed by atoms with Crippen LogP contribution in [-0.4, -0.2) is 86.3 Å². The van der Waals surface area contributed by atoms with Crippen LogP contribution in [0.25, 0.3) is 16.6 Å². The van der Waals surface area contributed by atoms with Gasteiger partial charge in [-0.1, -0.05) is 43.2 Å². The number of aromatic nitrogens is 2. The molecule has 0 saturated carbocycles. The maximum atomic E-state index is 14.0. The van der Waals surface area contributed by atoms with Crippen molar-refractivity contribution in [3.63, 3.8) is 0 Å². The van der Waals surface area contributed by atoms with Gasteiger partial charge in [-0.3, -0.25) is 19.8 Å². The highest BCUT2D eigenvalue weighted by atomic mass is 35.5. The Morgan fingerprint density at radius 2 is 1.87 bits per heavy atom. The number of hydrogen-bond donors (Lipinski definition) is 2. The van der Waals surface area contributed by atoms with E-state index >= 15 is 0 Å². The van der Waals surface area contributed by atoms with Gasteiger partial charge in [-0.05, 0) is 97.0 Å². The van der Waals surface area contributed by atoms with Crippen LogP contribution in [0.2, 0.25) is 5.02 Å². The zero-order valence-corrected chi connectivity index (χ0v) is 36.8. The van der Waals surface area contributed by atoms with Crippen molar-refractivity contribution < 1.29 is 27.6 Å². The lowest BCUT2D eigenvalue weighted by Crippen LogP contribution is -2.47. The number of sulfonamides is 1. The smallest absolute Gasteiger partial charge is 0.275 e. The van der Waals surface area contributed by atoms with Crippen LogP contribution < -0.4 is 14.4 Å². The molecule has 16 heteroatoms. The van der Waals surface area contributed by atoms with E-state index in [1.807, 2.05) is 18.2 Å². The topological polar surface area (TPSA) is 160 Å². The summed E-state index contributed by atoms with van der Waals surface area (Å²) in [6.45, 7) is 9.19. The fourth-order valence-corrected chi connectivity index (χ4v) is 11.0. The third-order valence-corrected chi connectivity index (χ3v) is 14.8. The summed E-state index contributed by atoms with van der Waals surface area (Å²) in [7, 11) is -2.94. The van der Waals surface area contributed by atoms with E-state index in [1.54, 1.807) is 37.6 Å². The van der Waals surface area contributed by atoms with Gasteiger partial charge in [0.05, 0.1) is 21.6 Å². The molecule has 1 amide bonds. The monoisotopic (exact) mass is 884 g/mol. The number of thioether (sulfide) groups is 1. The van der Waals surface area contributed by atoms with Gasteiger partial charge in [0.25, 0.3) is 21.6 Å². The maximum Gasteiger partial charge on any atom is 0.275 e. The van der Waals surface area contributed by atoms with Gasteiger partial charge in [-0.25, -0.2) is 18.1 Å². The summed E-state index contributed by atoms with van der Waals surface area (Å²) < 4.78 is 41.4. The average molecular weight is 886 g/mol. The zero-order valence-electron chi connectivity index (χ0n) is 34.4. The van der Waals surface area contributed by atoms with Gasteiger partial charge in [-0.15, -0.1) is 11.8 Å². The number of piperazine rings is 1. The molecular weight excluding hydrogens is 836 g/mol. The van der Waals surface area contributed by atoms with E-state index in [0.29, 0.717) is 40.6 Å². The summed E-state index contributed by atoms with van der Waals surface area (Å²) in [5.74, 6) is 0.378. The third kappa shape index (κ3) is 9.76. The number of carbonyl (C=O) groups excluding carboxylic acids is 1. The van der Waals surface area contributed by atoms with Crippen LogP contribution in [0.4, 0.5) is 11.4 Å². The summed E-state index contributed by atoms with van der Waals surface area (Å²) in [5.41, 5.74) is 6.00. The van der Waals surface area contributed by atoms with Crippen molar-refractivity contribution in [2.45, 2.75) is 55.7 Å². The second kappa shape index (κ2) is 17.8. The number of allylic oxidation sites excluding steroid dienone is 1. The Morgan fingerprint density at radius 3 is 2.62 bits per heavy atom. The number of nitro groups is 1. The highest BCUT2D eigenvalue weighted by molar-refractivity contribution is 7.99. The number of pyridine rings is 1. The molecule has 1 aliphatic carbocycles. The molecule has 3 aliphatic rings. The molecule has 13 nitrogen and oxygen atoms in total. The molecule has 2 aliphatic heterocycles. The minimum atomic E-state index is -4.55. The van der Waals surface area contributed by atoms with Crippen molar-refractivity contribution in [3.05, 3.63) is 117 Å². The summed E-state index contributed by atoms with van der Waals surface area (Å²) in [6.07, 6.45) is 7.66. The number of carbonyl (C=O) groups is 1. The first-order chi connectivity index (χ1) is 29.2. The minimum absolute atomic E-state index is 0.0233. The predicted octanol–water partition coefficient (Wildman–Crippen LogP) is 9.12. The zero-order chi connectivity index (χ0) is 42.9. The largest absolute Gasteiger partial charge is 0.455 e. The average Bonchev–Trinajstić information content (AvgIpc) is 3.71. The van der Waals surface area contributed by atoms with Gasteiger partial charge >= 0.3 is 0 Å². The summed E-state index contributed by atoms with van der Waals surface area (Å²) in [4.78, 5) is 38.0. The standard InChI is InChI=1S/C45H49ClN6O7S2/c1-45(2)13-10-32(39(25-45)30-4-6-33(46)7-5-30)27-50-15-17-51(18-16-50)34-8-9-37(41(22-34)59-35-21-31-11-14-47-43(31)48-26-35)44(53)49-61(56,57)36-23-40(52(54)55)38-20-29(12-19-58-3)28-60-42(38)24-36/h4-9,11,14,21-24,26,29H,10,12-13,15-20,25,27-28H2,1-3H3,(H,47,48)(H,49,53)/t29-/m0/s1. The number of ether oxygens (including phenoxy) is 2. The quantitative estimate of drug-likeness (QED) is 0.0858. The number of aromatic amines is 1. The second-order valence-electron chi connectivity index (χ2n) is 16.8. The molecular formula is C45H49ClN6O7S2. The van der Waals surface area contributed by atoms with Crippen molar-refractivity contribution >= 4 is 67.3 Å². The van der Waals surface area contributed by atoms with Crippen molar-refractivity contribution in [2.75, 3.05) is 57.1 Å². The van der Waals surface area contributed by atoms with Crippen molar-refractivity contribution in [1.82, 2.24) is 19.6 Å². The number of methoxy groups -OCH3 is 1. The first-order valence-electron chi connectivity index (χ1n) is 20.4. The third-order valence-electron chi connectivity index (χ3n) is 11.9. The molecule has 0 bridgehead atoms. The van der Waals surface area contributed by atoms with E-state index in [2.05, 4.69) is 50.5 Å². The Balaban J connectivity index is 1.03. The van der Waals surface area contributed by atoms with Crippen molar-refractivity contribution in [2.24, 2.45) is 11.3 Å². The molecule has 1 atom stereocenters. The Morgan fingerprint density at radius 1 is 1.08 bits per heavy atom. The van der Waals surface area contributed by atoms with Crippen LogP contribution in [0.3, 0.4) is 0 Å². The van der Waals surface area contributed by atoms with Gasteiger partial charge < -0.3 is 19.4 Å². The van der Waals surface area contributed by atoms with Gasteiger partial charge in [0.1, 0.15) is 17.1 Å². The Hall–Kier alpha value is -4.93. The number of hydrogen-bond acceptors (Lipinski definition) is 11. The molecule has 1 saturated heterocycles. The molecule has 0 spiro atoms. The molecule has 8 rings (SSSR count). The Bertz CT molecular complexity index is 2610. The van der Waals surface area contributed by atoms with E-state index in [-0.39, 0.29) is 33.2 Å². The number of benzene rings is 3. The van der Waals surface area contributed by atoms with Crippen LogP contribution in [-0.2, 0) is 21.2 Å². The summed E-state index contributed by atoms with van der Waals surface area (Å²) >= 11 is 7.62. The first kappa shape index (κ1) is 42.7. The lowest BCUT2D eigenvalue weighted by Gasteiger charge is -2.39. The Labute approximate surface area is 365 Å². The molecule has 320 valence electrons. The number of nitrogens with one attached hydrogen (secondary N) is 2. The van der Waals surface area contributed by atoms with Crippen LogP contribution in [0.15, 0.2) is 94.5 Å². The molecule has 4 heterocycles. The predicted molar refractivity (Wildman–Crippen MR) is 239 cm³/mol. The lowest BCUT2D eigenvalue weighted by molar-refractivity contribution is -0.386. The van der Waals surface area contributed by atoms with E-state index < -0.39 is 20.9 Å². The number of H-pyrrole nitrogens is 1. The molecule has 0 unspecified atom stereocenters. The molecule has 61 heavy (non-hydrogen) atoms. The SMILES string of the molecule is COCC[C@@H]1CSc2cc(S(=O)(=O)NC(=O)c3ccc(N4CCN(CC5=C(c6ccc(Cl)cc6)CC(C)(C)CC5)CC4)cc3Oc3cnc4[nH]ccc4c3)cc([N+](=O)[O-])c2C1. The Kier molecular flexibility index (Phi) is 12.5. The maximum absolute atomic E-state index is 14.0. The number of amides is 1. The van der Waals surface area contributed by atoms with E-state index in [9.17, 15) is 23.3 Å². The molecule has 5 aromatic rings.